The van der Waals surface area contributed by atoms with Crippen LogP contribution in [0.1, 0.15) is 24.8 Å². The molecule has 0 spiro atoms. The van der Waals surface area contributed by atoms with E-state index in [4.69, 9.17) is 0 Å². The van der Waals surface area contributed by atoms with Crippen molar-refractivity contribution in [2.45, 2.75) is 25.7 Å². The van der Waals surface area contributed by atoms with E-state index >= 15 is 0 Å². The first kappa shape index (κ1) is 15.0. The fraction of sp³-hybridized carbons (Fsp3) is 0.467. The third-order valence-electron chi connectivity index (χ3n) is 3.40. The molecule has 0 bridgehead atoms. The minimum Gasteiger partial charge on any atom is -0.354 e. The fourth-order valence-electron chi connectivity index (χ4n) is 2.28. The van der Waals surface area contributed by atoms with Gasteiger partial charge in [-0.25, -0.2) is 0 Å². The standard InChI is InChI=1S/C15H19BrN2O2/c16-13-6-4-12(5-7-13)11-14(19)17-8-10-18-9-2-1-3-15(18)20/h4-7H,1-3,8-11H2,(H,17,19). The number of nitrogens with zero attached hydrogens (tertiary/aromatic N) is 1. The van der Waals surface area contributed by atoms with Gasteiger partial charge in [0.2, 0.25) is 11.8 Å². The minimum atomic E-state index is -0.00298. The van der Waals surface area contributed by atoms with Gasteiger partial charge in [-0.2, -0.15) is 0 Å². The largest absolute Gasteiger partial charge is 0.354 e. The molecule has 2 amide bonds. The molecule has 1 aromatic carbocycles. The Morgan fingerprint density at radius 2 is 2.00 bits per heavy atom. The minimum absolute atomic E-state index is 0.00298. The maximum absolute atomic E-state index is 11.8. The highest BCUT2D eigenvalue weighted by molar-refractivity contribution is 9.10. The summed E-state index contributed by atoms with van der Waals surface area (Å²) < 4.78 is 1.00. The zero-order chi connectivity index (χ0) is 14.4. The molecular formula is C15H19BrN2O2. The zero-order valence-corrected chi connectivity index (χ0v) is 13.0. The lowest BCUT2D eigenvalue weighted by Crippen LogP contribution is -2.41. The molecular weight excluding hydrogens is 320 g/mol. The first-order valence-electron chi connectivity index (χ1n) is 6.94. The molecule has 1 aromatic rings. The highest BCUT2D eigenvalue weighted by atomic mass is 79.9. The quantitative estimate of drug-likeness (QED) is 0.893. The van der Waals surface area contributed by atoms with Crippen LogP contribution in [0.4, 0.5) is 0 Å². The second kappa shape index (κ2) is 7.43. The van der Waals surface area contributed by atoms with Crippen LogP contribution in [0.25, 0.3) is 0 Å². The SMILES string of the molecule is O=C(Cc1ccc(Br)cc1)NCCN1CCCCC1=O. The van der Waals surface area contributed by atoms with E-state index in [0.717, 1.165) is 29.4 Å². The number of piperidine rings is 1. The van der Waals surface area contributed by atoms with Gasteiger partial charge in [-0.3, -0.25) is 9.59 Å². The number of carbonyl (C=O) groups is 2. The molecule has 0 unspecified atom stereocenters. The number of amides is 2. The maximum Gasteiger partial charge on any atom is 0.224 e. The van der Waals surface area contributed by atoms with Crippen molar-refractivity contribution in [3.8, 4) is 0 Å². The Morgan fingerprint density at radius 3 is 2.70 bits per heavy atom. The first-order chi connectivity index (χ1) is 9.65. The summed E-state index contributed by atoms with van der Waals surface area (Å²) in [6.07, 6.45) is 3.08. The van der Waals surface area contributed by atoms with Crippen molar-refractivity contribution in [1.82, 2.24) is 10.2 Å². The third-order valence-corrected chi connectivity index (χ3v) is 3.93. The molecule has 20 heavy (non-hydrogen) atoms. The summed E-state index contributed by atoms with van der Waals surface area (Å²) in [4.78, 5) is 25.2. The van der Waals surface area contributed by atoms with Gasteiger partial charge in [-0.15, -0.1) is 0 Å². The van der Waals surface area contributed by atoms with Crippen molar-refractivity contribution in [2.75, 3.05) is 19.6 Å². The summed E-state index contributed by atoms with van der Waals surface area (Å²) >= 11 is 3.37. The molecule has 2 rings (SSSR count). The van der Waals surface area contributed by atoms with Crippen LogP contribution in [-0.4, -0.2) is 36.3 Å². The third kappa shape index (κ3) is 4.63. The first-order valence-corrected chi connectivity index (χ1v) is 7.73. The molecule has 0 atom stereocenters. The number of nitrogens with one attached hydrogen (secondary N) is 1. The van der Waals surface area contributed by atoms with Gasteiger partial charge in [-0.1, -0.05) is 28.1 Å². The van der Waals surface area contributed by atoms with Crippen LogP contribution in [0.5, 0.6) is 0 Å². The van der Waals surface area contributed by atoms with E-state index in [9.17, 15) is 9.59 Å². The maximum atomic E-state index is 11.8. The molecule has 4 nitrogen and oxygen atoms in total. The molecule has 0 saturated carbocycles. The monoisotopic (exact) mass is 338 g/mol. The number of carbonyl (C=O) groups excluding carboxylic acids is 2. The van der Waals surface area contributed by atoms with Gasteiger partial charge in [0.15, 0.2) is 0 Å². The summed E-state index contributed by atoms with van der Waals surface area (Å²) in [5.74, 6) is 0.204. The summed E-state index contributed by atoms with van der Waals surface area (Å²) in [6.45, 7) is 1.97. The summed E-state index contributed by atoms with van der Waals surface area (Å²) in [7, 11) is 0. The van der Waals surface area contributed by atoms with Crippen LogP contribution in [0.3, 0.4) is 0 Å². The topological polar surface area (TPSA) is 49.4 Å². The average molecular weight is 339 g/mol. The lowest BCUT2D eigenvalue weighted by Gasteiger charge is -2.26. The van der Waals surface area contributed by atoms with Crippen molar-refractivity contribution in [1.29, 1.82) is 0 Å². The normalized spacial score (nSPS) is 15.2. The number of likely N-dealkylation sites (tertiary alicyclic amines) is 1. The van der Waals surface area contributed by atoms with Gasteiger partial charge < -0.3 is 10.2 Å². The van der Waals surface area contributed by atoms with Gasteiger partial charge in [0, 0.05) is 30.5 Å². The molecule has 1 fully saturated rings. The molecule has 1 heterocycles. The molecule has 5 heteroatoms. The molecule has 0 radical (unpaired) electrons. The Bertz CT molecular complexity index is 473. The fourth-order valence-corrected chi connectivity index (χ4v) is 2.54. The van der Waals surface area contributed by atoms with Crippen molar-refractivity contribution < 1.29 is 9.59 Å². The van der Waals surface area contributed by atoms with Crippen molar-refractivity contribution in [3.05, 3.63) is 34.3 Å². The molecule has 1 aliphatic rings. The van der Waals surface area contributed by atoms with Crippen LogP contribution in [-0.2, 0) is 16.0 Å². The highest BCUT2D eigenvalue weighted by Gasteiger charge is 2.17. The number of benzene rings is 1. The van der Waals surface area contributed by atoms with Crippen molar-refractivity contribution in [3.63, 3.8) is 0 Å². The van der Waals surface area contributed by atoms with Gasteiger partial charge in [0.25, 0.3) is 0 Å². The predicted octanol–water partition coefficient (Wildman–Crippen LogP) is 2.12. The van der Waals surface area contributed by atoms with Gasteiger partial charge >= 0.3 is 0 Å². The van der Waals surface area contributed by atoms with E-state index in [1.807, 2.05) is 29.2 Å². The second-order valence-corrected chi connectivity index (χ2v) is 5.91. The predicted molar refractivity (Wildman–Crippen MR) is 81.3 cm³/mol. The van der Waals surface area contributed by atoms with E-state index in [0.29, 0.717) is 25.9 Å². The molecule has 1 aliphatic heterocycles. The number of rotatable bonds is 5. The van der Waals surface area contributed by atoms with E-state index in [1.165, 1.54) is 0 Å². The average Bonchev–Trinajstić information content (AvgIpc) is 2.43. The summed E-state index contributed by atoms with van der Waals surface area (Å²) in [5, 5.41) is 2.87. The van der Waals surface area contributed by atoms with Crippen LogP contribution in [0.2, 0.25) is 0 Å². The lowest BCUT2D eigenvalue weighted by atomic mass is 10.1. The number of hydrogen-bond acceptors (Lipinski definition) is 2. The van der Waals surface area contributed by atoms with E-state index in [2.05, 4.69) is 21.2 Å². The van der Waals surface area contributed by atoms with Crippen molar-refractivity contribution >= 4 is 27.7 Å². The zero-order valence-electron chi connectivity index (χ0n) is 11.4. The summed E-state index contributed by atoms with van der Waals surface area (Å²) in [5.41, 5.74) is 0.986. The Morgan fingerprint density at radius 1 is 1.25 bits per heavy atom. The Kier molecular flexibility index (Phi) is 5.59. The van der Waals surface area contributed by atoms with Gasteiger partial charge in [-0.05, 0) is 30.5 Å². The molecule has 108 valence electrons. The van der Waals surface area contributed by atoms with E-state index < -0.39 is 0 Å². The van der Waals surface area contributed by atoms with Gasteiger partial charge in [0.1, 0.15) is 0 Å². The van der Waals surface area contributed by atoms with E-state index in [1.54, 1.807) is 0 Å². The number of halogens is 1. The molecule has 1 saturated heterocycles. The Labute approximate surface area is 127 Å². The molecule has 0 aliphatic carbocycles. The van der Waals surface area contributed by atoms with Crippen LogP contribution < -0.4 is 5.32 Å². The molecule has 1 N–H and O–H groups in total. The van der Waals surface area contributed by atoms with Crippen LogP contribution in [0.15, 0.2) is 28.7 Å². The van der Waals surface area contributed by atoms with E-state index in [-0.39, 0.29) is 11.8 Å². The Hall–Kier alpha value is -1.36. The summed E-state index contributed by atoms with van der Waals surface area (Å²) in [6, 6.07) is 7.71. The van der Waals surface area contributed by atoms with Crippen molar-refractivity contribution in [2.24, 2.45) is 0 Å². The van der Waals surface area contributed by atoms with Crippen LogP contribution >= 0.6 is 15.9 Å². The lowest BCUT2D eigenvalue weighted by molar-refractivity contribution is -0.133. The molecule has 0 aromatic heterocycles. The second-order valence-electron chi connectivity index (χ2n) is 4.99. The smallest absolute Gasteiger partial charge is 0.224 e. The Balaban J connectivity index is 1.69. The van der Waals surface area contributed by atoms with Crippen LogP contribution in [0, 0.1) is 0 Å². The van der Waals surface area contributed by atoms with Gasteiger partial charge in [0.05, 0.1) is 6.42 Å². The number of hydrogen-bond donors (Lipinski definition) is 1. The highest BCUT2D eigenvalue weighted by Crippen LogP contribution is 2.11.